The molecule has 2 nitrogen and oxygen atoms in total. The van der Waals surface area contributed by atoms with E-state index in [0.717, 1.165) is 16.9 Å². The van der Waals surface area contributed by atoms with E-state index in [0.29, 0.717) is 0 Å². The van der Waals surface area contributed by atoms with Crippen LogP contribution >= 0.6 is 0 Å². The quantitative estimate of drug-likeness (QED) is 0.165. The largest absolute Gasteiger partial charge is 0.316 e. The Labute approximate surface area is 280 Å². The third-order valence-electron chi connectivity index (χ3n) is 10.1. The highest BCUT2D eigenvalue weighted by Crippen LogP contribution is 2.56. The maximum Gasteiger partial charge on any atom is 0.0708 e. The zero-order valence-corrected chi connectivity index (χ0v) is 26.8. The third kappa shape index (κ3) is 3.93. The molecule has 1 aliphatic rings. The minimum absolute atomic E-state index is 0.531. The first-order valence-corrected chi connectivity index (χ1v) is 16.6. The molecule has 0 saturated carbocycles. The average molecular weight is 615 g/mol. The van der Waals surface area contributed by atoms with Crippen molar-refractivity contribution in [2.45, 2.75) is 12.3 Å². The molecule has 228 valence electrons. The molecule has 1 atom stereocenters. The van der Waals surface area contributed by atoms with E-state index in [9.17, 15) is 0 Å². The minimum Gasteiger partial charge on any atom is -0.316 e. The maximum absolute atomic E-state index is 4.76. The summed E-state index contributed by atoms with van der Waals surface area (Å²) in [6.45, 7) is 6.80. The zero-order chi connectivity index (χ0) is 32.2. The molecule has 0 radical (unpaired) electrons. The molecule has 1 unspecified atom stereocenters. The molecule has 1 aliphatic carbocycles. The lowest BCUT2D eigenvalue weighted by molar-refractivity contribution is 0.769. The molecule has 0 spiro atoms. The highest BCUT2D eigenvalue weighted by Gasteiger charge is 2.46. The van der Waals surface area contributed by atoms with Crippen LogP contribution in [0.15, 0.2) is 188 Å². The van der Waals surface area contributed by atoms with Crippen molar-refractivity contribution in [2.75, 3.05) is 0 Å². The van der Waals surface area contributed by atoms with Crippen molar-refractivity contribution in [3.8, 4) is 22.5 Å². The summed E-state index contributed by atoms with van der Waals surface area (Å²) in [6.07, 6.45) is 10.6. The second kappa shape index (κ2) is 11.0. The number of benzene rings is 6. The Bertz CT molecular complexity index is 2580. The Morgan fingerprint density at radius 1 is 0.583 bits per heavy atom. The predicted molar refractivity (Wildman–Crippen MR) is 202 cm³/mol. The second-order valence-electron chi connectivity index (χ2n) is 12.6. The fourth-order valence-corrected chi connectivity index (χ4v) is 8.10. The standard InChI is InChI=1S/C46H34N2/c1-3-4-7-16-32(2)46(33-17-8-5-9-18-33)41-23-14-12-21-36(41)37-26-25-35(31-42(37)46)47-30-29-40-43(47)28-27-39-38-22-13-15-24-44(38)48(45(39)40)34-19-10-6-11-20-34/h3-31H,2H2,1H3/b4-3-,16-7-. The smallest absolute Gasteiger partial charge is 0.0708 e. The monoisotopic (exact) mass is 614 g/mol. The number of rotatable bonds is 6. The SMILES string of the molecule is C=C(/C=C\C=C/C)C1(c2ccccc2)c2ccccc2-c2ccc(-n3ccc4c3ccc3c5ccccc5n(-c5ccccc5)c34)cc21. The topological polar surface area (TPSA) is 9.86 Å². The first kappa shape index (κ1) is 28.1. The van der Waals surface area contributed by atoms with Gasteiger partial charge in [-0.15, -0.1) is 0 Å². The number of aromatic nitrogens is 2. The number of para-hydroxylation sites is 2. The van der Waals surface area contributed by atoms with Crippen molar-refractivity contribution in [1.29, 1.82) is 0 Å². The van der Waals surface area contributed by atoms with Crippen LogP contribution in [-0.2, 0) is 5.41 Å². The lowest BCUT2D eigenvalue weighted by atomic mass is 9.67. The Balaban J connectivity index is 1.31. The van der Waals surface area contributed by atoms with Crippen molar-refractivity contribution in [3.63, 3.8) is 0 Å². The molecule has 2 aromatic heterocycles. The number of nitrogens with zero attached hydrogens (tertiary/aromatic N) is 2. The first-order chi connectivity index (χ1) is 23.7. The lowest BCUT2D eigenvalue weighted by Gasteiger charge is -2.34. The van der Waals surface area contributed by atoms with E-state index >= 15 is 0 Å². The number of hydrogen-bond donors (Lipinski definition) is 0. The van der Waals surface area contributed by atoms with Gasteiger partial charge in [0.1, 0.15) is 0 Å². The van der Waals surface area contributed by atoms with Gasteiger partial charge in [0.25, 0.3) is 0 Å². The summed E-state index contributed by atoms with van der Waals surface area (Å²) in [4.78, 5) is 0. The van der Waals surface area contributed by atoms with E-state index in [-0.39, 0.29) is 0 Å². The lowest BCUT2D eigenvalue weighted by Crippen LogP contribution is -2.28. The molecule has 0 aliphatic heterocycles. The molecular formula is C46H34N2. The van der Waals surface area contributed by atoms with Crippen LogP contribution in [0.5, 0.6) is 0 Å². The molecule has 6 aromatic carbocycles. The van der Waals surface area contributed by atoms with Crippen molar-refractivity contribution in [3.05, 3.63) is 205 Å². The Morgan fingerprint density at radius 2 is 1.31 bits per heavy atom. The minimum atomic E-state index is -0.531. The van der Waals surface area contributed by atoms with E-state index in [1.807, 2.05) is 6.92 Å². The molecule has 9 rings (SSSR count). The van der Waals surface area contributed by atoms with Crippen molar-refractivity contribution < 1.29 is 0 Å². The van der Waals surface area contributed by atoms with Crippen LogP contribution in [0.25, 0.3) is 55.2 Å². The van der Waals surface area contributed by atoms with Crippen LogP contribution in [-0.4, -0.2) is 9.13 Å². The summed E-state index contributed by atoms with van der Waals surface area (Å²) >= 11 is 0. The first-order valence-electron chi connectivity index (χ1n) is 16.6. The molecule has 0 bridgehead atoms. The number of fused-ring (bicyclic) bond motifs is 8. The van der Waals surface area contributed by atoms with Gasteiger partial charge in [0.2, 0.25) is 0 Å². The highest BCUT2D eigenvalue weighted by molar-refractivity contribution is 6.18. The van der Waals surface area contributed by atoms with Gasteiger partial charge in [-0.2, -0.15) is 0 Å². The van der Waals surface area contributed by atoms with Gasteiger partial charge >= 0.3 is 0 Å². The summed E-state index contributed by atoms with van der Waals surface area (Å²) in [5, 5.41) is 3.75. The maximum atomic E-state index is 4.76. The van der Waals surface area contributed by atoms with Gasteiger partial charge in [0, 0.05) is 33.7 Å². The Morgan fingerprint density at radius 3 is 2.15 bits per heavy atom. The second-order valence-corrected chi connectivity index (χ2v) is 12.6. The summed E-state index contributed by atoms with van der Waals surface area (Å²) in [5.74, 6) is 0. The molecule has 2 heteroatoms. The molecule has 2 heterocycles. The van der Waals surface area contributed by atoms with Crippen LogP contribution in [0.1, 0.15) is 23.6 Å². The van der Waals surface area contributed by atoms with E-state index < -0.39 is 5.41 Å². The van der Waals surface area contributed by atoms with Gasteiger partial charge in [-0.05, 0) is 82.8 Å². The van der Waals surface area contributed by atoms with Crippen molar-refractivity contribution >= 4 is 32.7 Å². The molecule has 0 amide bonds. The van der Waals surface area contributed by atoms with Gasteiger partial charge in [-0.25, -0.2) is 0 Å². The van der Waals surface area contributed by atoms with Gasteiger partial charge in [0.05, 0.1) is 22.0 Å². The molecule has 8 aromatic rings. The third-order valence-corrected chi connectivity index (χ3v) is 10.1. The van der Waals surface area contributed by atoms with Gasteiger partial charge in [0.15, 0.2) is 0 Å². The predicted octanol–water partition coefficient (Wildman–Crippen LogP) is 11.7. The van der Waals surface area contributed by atoms with Crippen LogP contribution in [0.3, 0.4) is 0 Å². The van der Waals surface area contributed by atoms with Crippen LogP contribution in [0, 0.1) is 0 Å². The number of allylic oxidation sites excluding steroid dienone is 5. The van der Waals surface area contributed by atoms with E-state index in [1.54, 1.807) is 0 Å². The van der Waals surface area contributed by atoms with Crippen LogP contribution < -0.4 is 0 Å². The zero-order valence-electron chi connectivity index (χ0n) is 26.8. The Kier molecular flexibility index (Phi) is 6.45. The molecule has 48 heavy (non-hydrogen) atoms. The summed E-state index contributed by atoms with van der Waals surface area (Å²) in [7, 11) is 0. The normalized spacial score (nSPS) is 15.6. The summed E-state index contributed by atoms with van der Waals surface area (Å²) in [6, 6.07) is 53.0. The van der Waals surface area contributed by atoms with Crippen molar-refractivity contribution in [1.82, 2.24) is 9.13 Å². The van der Waals surface area contributed by atoms with Gasteiger partial charge in [-0.3, -0.25) is 0 Å². The van der Waals surface area contributed by atoms with Crippen molar-refractivity contribution in [2.24, 2.45) is 0 Å². The molecule has 0 N–H and O–H groups in total. The van der Waals surface area contributed by atoms with Crippen LogP contribution in [0.4, 0.5) is 0 Å². The summed E-state index contributed by atoms with van der Waals surface area (Å²) in [5.41, 5.74) is 12.7. The van der Waals surface area contributed by atoms with Gasteiger partial charge < -0.3 is 9.13 Å². The number of hydrogen-bond acceptors (Lipinski definition) is 0. The van der Waals surface area contributed by atoms with E-state index in [4.69, 9.17) is 6.58 Å². The Hall–Kier alpha value is -6.12. The molecule has 0 fully saturated rings. The van der Waals surface area contributed by atoms with Crippen LogP contribution in [0.2, 0.25) is 0 Å². The summed E-state index contributed by atoms with van der Waals surface area (Å²) < 4.78 is 4.76. The highest BCUT2D eigenvalue weighted by atomic mass is 15.0. The van der Waals surface area contributed by atoms with E-state index in [2.05, 4.69) is 185 Å². The van der Waals surface area contributed by atoms with E-state index in [1.165, 1.54) is 60.5 Å². The fourth-order valence-electron chi connectivity index (χ4n) is 8.10. The molecule has 0 saturated heterocycles. The van der Waals surface area contributed by atoms with Gasteiger partial charge in [-0.1, -0.05) is 134 Å². The molecular weight excluding hydrogens is 581 g/mol. The fraction of sp³-hybridized carbons (Fsp3) is 0.0435. The average Bonchev–Trinajstić information content (AvgIpc) is 3.81.